The highest BCUT2D eigenvalue weighted by Crippen LogP contribution is 2.30. The zero-order chi connectivity index (χ0) is 12.4. The monoisotopic (exact) mass is 320 g/mol. The molecule has 0 bridgehead atoms. The molecule has 1 atom stereocenters. The normalized spacial score (nSPS) is 20.4. The number of ether oxygens (including phenoxy) is 1. The van der Waals surface area contributed by atoms with Crippen LogP contribution in [0.1, 0.15) is 0 Å². The molecule has 1 aliphatic heterocycles. The molecule has 0 radical (unpaired) electrons. The van der Waals surface area contributed by atoms with Gasteiger partial charge < -0.3 is 15.4 Å². The molecule has 6 nitrogen and oxygen atoms in total. The molecule has 8 heteroatoms. The quantitative estimate of drug-likeness (QED) is 0.806. The number of amides is 1. The summed E-state index contributed by atoms with van der Waals surface area (Å²) in [6.07, 6.45) is 1.34. The molecule has 1 fully saturated rings. The van der Waals surface area contributed by atoms with Crippen LogP contribution in [0.4, 0.5) is 5.82 Å². The first-order valence-corrected chi connectivity index (χ1v) is 6.08. The maximum absolute atomic E-state index is 11.3. The zero-order valence-electron chi connectivity index (χ0n) is 8.77. The van der Waals surface area contributed by atoms with Crippen molar-refractivity contribution in [2.75, 3.05) is 24.7 Å². The molecule has 2 N–H and O–H groups in total. The minimum absolute atomic E-state index is 0.253. The minimum atomic E-state index is -0.536. The van der Waals surface area contributed by atoms with Gasteiger partial charge >= 0.3 is 0 Å². The second kappa shape index (κ2) is 5.16. The van der Waals surface area contributed by atoms with Crippen molar-refractivity contribution < 1.29 is 9.53 Å². The van der Waals surface area contributed by atoms with Gasteiger partial charge in [0.25, 0.3) is 0 Å². The Bertz CT molecular complexity index is 445. The first kappa shape index (κ1) is 12.5. The molecule has 0 aromatic carbocycles. The number of hydrogen-bond acceptors (Lipinski definition) is 5. The zero-order valence-corrected chi connectivity index (χ0v) is 11.1. The van der Waals surface area contributed by atoms with Crippen molar-refractivity contribution in [1.29, 1.82) is 0 Å². The Morgan fingerprint density at radius 3 is 3.12 bits per heavy atom. The number of halogens is 2. The number of primary amides is 1. The van der Waals surface area contributed by atoms with E-state index in [1.165, 1.54) is 6.33 Å². The predicted octanol–water partition coefficient (Wildman–Crippen LogP) is 0.583. The van der Waals surface area contributed by atoms with E-state index in [4.69, 9.17) is 22.1 Å². The summed E-state index contributed by atoms with van der Waals surface area (Å²) in [4.78, 5) is 21.1. The fourth-order valence-corrected chi connectivity index (χ4v) is 2.19. The Hall–Kier alpha value is -0.920. The first-order chi connectivity index (χ1) is 8.11. The number of aromatic nitrogens is 2. The van der Waals surface area contributed by atoms with Gasteiger partial charge in [-0.15, -0.1) is 0 Å². The molecule has 2 heterocycles. The molecule has 1 unspecified atom stereocenters. The van der Waals surface area contributed by atoms with Gasteiger partial charge in [-0.25, -0.2) is 9.97 Å². The van der Waals surface area contributed by atoms with Gasteiger partial charge in [0.2, 0.25) is 5.91 Å². The fraction of sp³-hybridized carbons (Fsp3) is 0.444. The third kappa shape index (κ3) is 2.51. The molecule has 92 valence electrons. The van der Waals surface area contributed by atoms with Crippen LogP contribution >= 0.6 is 27.5 Å². The van der Waals surface area contributed by atoms with Crippen LogP contribution in [-0.4, -0.2) is 41.7 Å². The number of rotatable bonds is 2. The van der Waals surface area contributed by atoms with E-state index in [0.29, 0.717) is 28.6 Å². The molecule has 1 amide bonds. The number of carbonyl (C=O) groups is 1. The Morgan fingerprint density at radius 2 is 2.41 bits per heavy atom. The van der Waals surface area contributed by atoms with E-state index in [9.17, 15) is 4.79 Å². The summed E-state index contributed by atoms with van der Waals surface area (Å²) in [7, 11) is 0. The van der Waals surface area contributed by atoms with Gasteiger partial charge in [-0.05, 0) is 15.9 Å². The van der Waals surface area contributed by atoms with E-state index in [2.05, 4.69) is 25.9 Å². The molecule has 1 aromatic heterocycles. The molecule has 2 rings (SSSR count). The van der Waals surface area contributed by atoms with E-state index in [1.54, 1.807) is 4.90 Å². The Labute approximate surface area is 111 Å². The van der Waals surface area contributed by atoms with E-state index in [-0.39, 0.29) is 6.61 Å². The predicted molar refractivity (Wildman–Crippen MR) is 65.9 cm³/mol. The van der Waals surface area contributed by atoms with Crippen LogP contribution in [0.25, 0.3) is 0 Å². The molecule has 1 saturated heterocycles. The summed E-state index contributed by atoms with van der Waals surface area (Å²) >= 11 is 9.19. The van der Waals surface area contributed by atoms with Crippen LogP contribution in [0, 0.1) is 0 Å². The molecule has 17 heavy (non-hydrogen) atoms. The molecule has 0 aliphatic carbocycles. The van der Waals surface area contributed by atoms with Gasteiger partial charge in [0, 0.05) is 6.54 Å². The second-order valence-corrected chi connectivity index (χ2v) is 4.64. The lowest BCUT2D eigenvalue weighted by Gasteiger charge is -2.34. The summed E-state index contributed by atoms with van der Waals surface area (Å²) in [5.74, 6) is 0.100. The van der Waals surface area contributed by atoms with E-state index < -0.39 is 11.9 Å². The largest absolute Gasteiger partial charge is 0.377 e. The van der Waals surface area contributed by atoms with Gasteiger partial charge in [0.15, 0.2) is 0 Å². The lowest BCUT2D eigenvalue weighted by molar-refractivity contribution is -0.121. The number of nitrogens with two attached hydrogens (primary N) is 1. The Balaban J connectivity index is 2.36. The Morgan fingerprint density at radius 1 is 1.65 bits per heavy atom. The lowest BCUT2D eigenvalue weighted by Crippen LogP contribution is -2.53. The third-order valence-electron chi connectivity index (χ3n) is 2.46. The van der Waals surface area contributed by atoms with Crippen molar-refractivity contribution in [2.45, 2.75) is 6.04 Å². The maximum atomic E-state index is 11.3. The smallest absolute Gasteiger partial charge is 0.242 e. The number of carbonyl (C=O) groups excluding carboxylic acids is 1. The fourth-order valence-electron chi connectivity index (χ4n) is 1.63. The molecule has 0 spiro atoms. The van der Waals surface area contributed by atoms with Gasteiger partial charge in [0.05, 0.1) is 17.7 Å². The SMILES string of the molecule is NC(=O)C1COCCN1c1ncnc(Cl)c1Br. The topological polar surface area (TPSA) is 81.3 Å². The Kier molecular flexibility index (Phi) is 3.80. The third-order valence-corrected chi connectivity index (χ3v) is 3.70. The average Bonchev–Trinajstić information content (AvgIpc) is 2.33. The maximum Gasteiger partial charge on any atom is 0.242 e. The number of hydrogen-bond donors (Lipinski definition) is 1. The number of anilines is 1. The highest BCUT2D eigenvalue weighted by atomic mass is 79.9. The van der Waals surface area contributed by atoms with Gasteiger partial charge in [-0.2, -0.15) is 0 Å². The standard InChI is InChI=1S/C9H10BrClN4O2/c10-6-7(11)13-4-14-9(6)15-1-2-17-3-5(15)8(12)16/h4-5H,1-3H2,(H2,12,16). The molecule has 1 aliphatic rings. The van der Waals surface area contributed by atoms with Gasteiger partial charge in [-0.1, -0.05) is 11.6 Å². The van der Waals surface area contributed by atoms with Crippen molar-refractivity contribution in [3.05, 3.63) is 16.0 Å². The van der Waals surface area contributed by atoms with Gasteiger partial charge in [-0.3, -0.25) is 4.79 Å². The summed E-state index contributed by atoms with van der Waals surface area (Å²) in [6.45, 7) is 1.29. The summed E-state index contributed by atoms with van der Waals surface area (Å²) in [5.41, 5.74) is 5.33. The van der Waals surface area contributed by atoms with Gasteiger partial charge in [0.1, 0.15) is 23.3 Å². The van der Waals surface area contributed by atoms with Crippen molar-refractivity contribution in [2.24, 2.45) is 5.73 Å². The molecule has 1 aromatic rings. The summed E-state index contributed by atoms with van der Waals surface area (Å²) in [6, 6.07) is -0.536. The molecular weight excluding hydrogens is 311 g/mol. The van der Waals surface area contributed by atoms with Crippen LogP contribution in [0.3, 0.4) is 0 Å². The van der Waals surface area contributed by atoms with E-state index >= 15 is 0 Å². The molecule has 0 saturated carbocycles. The lowest BCUT2D eigenvalue weighted by atomic mass is 10.2. The minimum Gasteiger partial charge on any atom is -0.377 e. The van der Waals surface area contributed by atoms with Crippen molar-refractivity contribution in [1.82, 2.24) is 9.97 Å². The number of morpholine rings is 1. The van der Waals surface area contributed by atoms with Crippen LogP contribution in [0.15, 0.2) is 10.8 Å². The van der Waals surface area contributed by atoms with E-state index in [0.717, 1.165) is 0 Å². The van der Waals surface area contributed by atoms with Crippen molar-refractivity contribution in [3.8, 4) is 0 Å². The van der Waals surface area contributed by atoms with Crippen molar-refractivity contribution in [3.63, 3.8) is 0 Å². The molecular formula is C9H10BrClN4O2. The number of nitrogens with zero attached hydrogens (tertiary/aromatic N) is 3. The van der Waals surface area contributed by atoms with Crippen LogP contribution in [0.5, 0.6) is 0 Å². The first-order valence-electron chi connectivity index (χ1n) is 4.91. The summed E-state index contributed by atoms with van der Waals surface area (Å²) in [5, 5.41) is 0.296. The second-order valence-electron chi connectivity index (χ2n) is 3.49. The highest BCUT2D eigenvalue weighted by molar-refractivity contribution is 9.10. The average molecular weight is 322 g/mol. The summed E-state index contributed by atoms with van der Waals surface area (Å²) < 4.78 is 5.78. The van der Waals surface area contributed by atoms with Crippen LogP contribution < -0.4 is 10.6 Å². The van der Waals surface area contributed by atoms with E-state index in [1.807, 2.05) is 0 Å². The van der Waals surface area contributed by atoms with Crippen LogP contribution in [-0.2, 0) is 9.53 Å². The highest BCUT2D eigenvalue weighted by Gasteiger charge is 2.30. The van der Waals surface area contributed by atoms with Crippen LogP contribution in [0.2, 0.25) is 5.15 Å². The van der Waals surface area contributed by atoms with Crippen molar-refractivity contribution >= 4 is 39.3 Å².